The lowest BCUT2D eigenvalue weighted by Gasteiger charge is -2.19. The summed E-state index contributed by atoms with van der Waals surface area (Å²) in [5, 5.41) is 0. The molecule has 0 amide bonds. The lowest BCUT2D eigenvalue weighted by Crippen LogP contribution is -2.42. The van der Waals surface area contributed by atoms with Gasteiger partial charge < -0.3 is 5.73 Å². The van der Waals surface area contributed by atoms with Gasteiger partial charge in [-0.05, 0) is 6.42 Å². The zero-order chi connectivity index (χ0) is 6.78. The molecule has 0 aliphatic heterocycles. The molecule has 0 aromatic carbocycles. The molecule has 0 fully saturated rings. The molecule has 2 N–H and O–H groups in total. The second-order valence-electron chi connectivity index (χ2n) is 2.58. The highest BCUT2D eigenvalue weighted by atomic mass is 35.6. The molecular formula is C5H14ClNSi. The van der Waals surface area contributed by atoms with Crippen LogP contribution in [0.4, 0.5) is 0 Å². The predicted molar refractivity (Wildman–Crippen MR) is 41.6 cm³/mol. The van der Waals surface area contributed by atoms with Crippen LogP contribution in [0, 0.1) is 0 Å². The Hall–Kier alpha value is 0.467. The second-order valence-corrected chi connectivity index (χ2v) is 9.37. The molecule has 0 bridgehead atoms. The van der Waals surface area contributed by atoms with E-state index in [0.29, 0.717) is 0 Å². The van der Waals surface area contributed by atoms with E-state index in [4.69, 9.17) is 16.8 Å². The first-order chi connectivity index (χ1) is 3.48. The summed E-state index contributed by atoms with van der Waals surface area (Å²) in [5.74, 6) is 0. The average Bonchev–Trinajstić information content (AvgIpc) is 1.62. The molecule has 1 unspecified atom stereocenters. The van der Waals surface area contributed by atoms with Crippen LogP contribution in [0.5, 0.6) is 0 Å². The third kappa shape index (κ3) is 2.70. The minimum Gasteiger partial charge on any atom is -0.329 e. The van der Waals surface area contributed by atoms with Crippen molar-refractivity contribution < 1.29 is 0 Å². The topological polar surface area (TPSA) is 26.0 Å². The number of hydrogen-bond acceptors (Lipinski definition) is 1. The quantitative estimate of drug-likeness (QED) is 0.472. The first kappa shape index (κ1) is 8.47. The van der Waals surface area contributed by atoms with Crippen LogP contribution >= 0.6 is 11.1 Å². The van der Waals surface area contributed by atoms with E-state index in [0.717, 1.165) is 6.42 Å². The van der Waals surface area contributed by atoms with Crippen LogP contribution in [0.15, 0.2) is 0 Å². The molecular weight excluding hydrogens is 138 g/mol. The van der Waals surface area contributed by atoms with Crippen LogP contribution in [-0.2, 0) is 0 Å². The van der Waals surface area contributed by atoms with Crippen molar-refractivity contribution in [3.8, 4) is 0 Å². The molecule has 0 aliphatic carbocycles. The van der Waals surface area contributed by atoms with Gasteiger partial charge in [0, 0.05) is 5.67 Å². The molecule has 0 radical (unpaired) electrons. The van der Waals surface area contributed by atoms with Gasteiger partial charge in [0.2, 0.25) is 0 Å². The minimum atomic E-state index is -1.51. The summed E-state index contributed by atoms with van der Waals surface area (Å²) >= 11 is 6.00. The number of hydrogen-bond donors (Lipinski definition) is 1. The smallest absolute Gasteiger partial charge is 0.166 e. The van der Waals surface area contributed by atoms with Gasteiger partial charge in [-0.1, -0.05) is 20.0 Å². The molecule has 0 aromatic rings. The fraction of sp³-hybridized carbons (Fsp3) is 1.00. The molecule has 0 rings (SSSR count). The Kier molecular flexibility index (Phi) is 3.02. The van der Waals surface area contributed by atoms with Crippen molar-refractivity contribution in [2.24, 2.45) is 5.73 Å². The number of halogens is 1. The molecule has 0 saturated carbocycles. The maximum absolute atomic E-state index is 6.00. The summed E-state index contributed by atoms with van der Waals surface area (Å²) in [7, 11) is -1.51. The molecule has 0 heterocycles. The summed E-state index contributed by atoms with van der Waals surface area (Å²) < 4.78 is 0. The first-order valence-corrected chi connectivity index (χ1v) is 7.02. The summed E-state index contributed by atoms with van der Waals surface area (Å²) in [6, 6.07) is 0. The third-order valence-electron chi connectivity index (χ3n) is 1.32. The van der Waals surface area contributed by atoms with E-state index >= 15 is 0 Å². The van der Waals surface area contributed by atoms with Gasteiger partial charge in [-0.2, -0.15) is 11.1 Å². The molecule has 0 spiro atoms. The monoisotopic (exact) mass is 151 g/mol. The average molecular weight is 152 g/mol. The normalized spacial score (nSPS) is 16.1. The van der Waals surface area contributed by atoms with Crippen LogP contribution in [0.1, 0.15) is 13.3 Å². The Morgan fingerprint density at radius 1 is 1.62 bits per heavy atom. The van der Waals surface area contributed by atoms with Crippen LogP contribution < -0.4 is 5.73 Å². The second kappa shape index (κ2) is 2.85. The van der Waals surface area contributed by atoms with Crippen molar-refractivity contribution in [1.82, 2.24) is 0 Å². The van der Waals surface area contributed by atoms with Crippen LogP contribution in [0.3, 0.4) is 0 Å². The zero-order valence-electron chi connectivity index (χ0n) is 5.74. The van der Waals surface area contributed by atoms with Crippen molar-refractivity contribution in [2.75, 3.05) is 0 Å². The van der Waals surface area contributed by atoms with E-state index in [-0.39, 0.29) is 5.67 Å². The Morgan fingerprint density at radius 3 is 2.00 bits per heavy atom. The van der Waals surface area contributed by atoms with Crippen molar-refractivity contribution in [1.29, 1.82) is 0 Å². The van der Waals surface area contributed by atoms with E-state index in [9.17, 15) is 0 Å². The van der Waals surface area contributed by atoms with Gasteiger partial charge in [0.15, 0.2) is 7.38 Å². The molecule has 0 aliphatic rings. The number of rotatable bonds is 2. The Morgan fingerprint density at radius 2 is 2.00 bits per heavy atom. The van der Waals surface area contributed by atoms with Gasteiger partial charge in [-0.15, -0.1) is 0 Å². The van der Waals surface area contributed by atoms with Gasteiger partial charge in [0.25, 0.3) is 0 Å². The molecule has 50 valence electrons. The maximum atomic E-state index is 6.00. The highest BCUT2D eigenvalue weighted by Crippen LogP contribution is 2.12. The van der Waals surface area contributed by atoms with Gasteiger partial charge in [-0.3, -0.25) is 0 Å². The molecule has 0 saturated heterocycles. The van der Waals surface area contributed by atoms with Gasteiger partial charge in [0.1, 0.15) is 0 Å². The fourth-order valence-electron chi connectivity index (χ4n) is 0.485. The predicted octanol–water partition coefficient (Wildman–Crippen LogP) is 1.71. The summed E-state index contributed by atoms with van der Waals surface area (Å²) in [5.41, 5.74) is 5.93. The van der Waals surface area contributed by atoms with Crippen molar-refractivity contribution in [2.45, 2.75) is 32.1 Å². The zero-order valence-corrected chi connectivity index (χ0v) is 7.50. The van der Waals surface area contributed by atoms with Crippen molar-refractivity contribution >= 4 is 18.5 Å². The van der Waals surface area contributed by atoms with E-state index in [2.05, 4.69) is 20.0 Å². The Bertz CT molecular complexity index is 69.3. The first-order valence-electron chi connectivity index (χ1n) is 2.93. The summed E-state index contributed by atoms with van der Waals surface area (Å²) in [6.07, 6.45) is 1.00. The summed E-state index contributed by atoms with van der Waals surface area (Å²) in [6.45, 7) is 6.22. The summed E-state index contributed by atoms with van der Waals surface area (Å²) in [4.78, 5) is 0. The van der Waals surface area contributed by atoms with Crippen LogP contribution in [-0.4, -0.2) is 13.0 Å². The fourth-order valence-corrected chi connectivity index (χ4v) is 1.92. The van der Waals surface area contributed by atoms with Gasteiger partial charge in [0.05, 0.1) is 0 Å². The van der Waals surface area contributed by atoms with Crippen LogP contribution in [0.2, 0.25) is 13.1 Å². The van der Waals surface area contributed by atoms with Crippen molar-refractivity contribution in [3.05, 3.63) is 0 Å². The Balaban J connectivity index is 3.62. The van der Waals surface area contributed by atoms with Gasteiger partial charge in [-0.25, -0.2) is 0 Å². The van der Waals surface area contributed by atoms with E-state index in [1.807, 2.05) is 0 Å². The maximum Gasteiger partial charge on any atom is 0.166 e. The van der Waals surface area contributed by atoms with E-state index in [1.54, 1.807) is 0 Å². The van der Waals surface area contributed by atoms with Gasteiger partial charge >= 0.3 is 0 Å². The van der Waals surface area contributed by atoms with Crippen molar-refractivity contribution in [3.63, 3.8) is 0 Å². The van der Waals surface area contributed by atoms with E-state index in [1.165, 1.54) is 0 Å². The lowest BCUT2D eigenvalue weighted by atomic mass is 10.5. The molecule has 3 heteroatoms. The van der Waals surface area contributed by atoms with E-state index < -0.39 is 7.38 Å². The third-order valence-corrected chi connectivity index (χ3v) is 4.33. The minimum absolute atomic E-state index is 0.254. The lowest BCUT2D eigenvalue weighted by molar-refractivity contribution is 0.830. The molecule has 8 heavy (non-hydrogen) atoms. The standard InChI is InChI=1S/C5H14ClNSi/c1-4-5(7)8(2,3)6/h5H,4,7H2,1-3H3. The SMILES string of the molecule is CCC(N)[Si](C)(C)Cl. The number of nitrogens with two attached hydrogens (primary N) is 1. The van der Waals surface area contributed by atoms with Crippen LogP contribution in [0.25, 0.3) is 0 Å². The highest BCUT2D eigenvalue weighted by Gasteiger charge is 2.24. The highest BCUT2D eigenvalue weighted by molar-refractivity contribution is 7.19. The largest absolute Gasteiger partial charge is 0.329 e. The molecule has 1 atom stereocenters. The Labute approximate surface area is 56.9 Å². The molecule has 1 nitrogen and oxygen atoms in total. The molecule has 0 aromatic heterocycles.